The summed E-state index contributed by atoms with van der Waals surface area (Å²) in [5.74, 6) is 0. The van der Waals surface area contributed by atoms with Crippen molar-refractivity contribution in [3.63, 3.8) is 0 Å². The quantitative estimate of drug-likeness (QED) is 0.681. The van der Waals surface area contributed by atoms with Gasteiger partial charge in [-0.05, 0) is 46.6 Å². The molecule has 17 heavy (non-hydrogen) atoms. The Morgan fingerprint density at radius 2 is 2.06 bits per heavy atom. The molecule has 0 unspecified atom stereocenters. The zero-order chi connectivity index (χ0) is 11.8. The molecule has 86 valence electrons. The summed E-state index contributed by atoms with van der Waals surface area (Å²) < 4.78 is 1.11. The van der Waals surface area contributed by atoms with Crippen molar-refractivity contribution in [2.75, 3.05) is 5.32 Å². The van der Waals surface area contributed by atoms with E-state index in [1.54, 1.807) is 11.3 Å². The normalized spacial score (nSPS) is 10.9. The van der Waals surface area contributed by atoms with Crippen molar-refractivity contribution >= 4 is 49.5 Å². The minimum atomic E-state index is 1.11. The predicted molar refractivity (Wildman–Crippen MR) is 78.3 cm³/mol. The van der Waals surface area contributed by atoms with Crippen molar-refractivity contribution in [2.45, 2.75) is 6.92 Å². The highest BCUT2D eigenvalue weighted by Crippen LogP contribution is 2.32. The standard InChI is InChI=1S/C13H11BrN2S/c1-8-9-4-5-15-12(9)3-2-11(8)16-13-7-17-6-10(13)14/h2-7,15-16H,1H3. The van der Waals surface area contributed by atoms with E-state index in [0.29, 0.717) is 0 Å². The lowest BCUT2D eigenvalue weighted by atomic mass is 10.1. The maximum Gasteiger partial charge on any atom is 0.0637 e. The number of anilines is 2. The van der Waals surface area contributed by atoms with Crippen molar-refractivity contribution in [3.05, 3.63) is 45.2 Å². The molecule has 2 N–H and O–H groups in total. The van der Waals surface area contributed by atoms with Crippen molar-refractivity contribution in [1.29, 1.82) is 0 Å². The lowest BCUT2D eigenvalue weighted by Gasteiger charge is -2.09. The fraction of sp³-hybridized carbons (Fsp3) is 0.0769. The second-order valence-electron chi connectivity index (χ2n) is 3.94. The van der Waals surface area contributed by atoms with E-state index in [0.717, 1.165) is 15.8 Å². The number of benzene rings is 1. The second-order valence-corrected chi connectivity index (χ2v) is 5.53. The van der Waals surface area contributed by atoms with Crippen LogP contribution in [0.2, 0.25) is 0 Å². The molecule has 0 radical (unpaired) electrons. The first-order valence-electron chi connectivity index (χ1n) is 5.31. The number of H-pyrrole nitrogens is 1. The van der Waals surface area contributed by atoms with Crippen LogP contribution in [0.15, 0.2) is 39.6 Å². The van der Waals surface area contributed by atoms with Gasteiger partial charge >= 0.3 is 0 Å². The van der Waals surface area contributed by atoms with Crippen LogP contribution in [-0.2, 0) is 0 Å². The smallest absolute Gasteiger partial charge is 0.0637 e. The number of hydrogen-bond acceptors (Lipinski definition) is 2. The van der Waals surface area contributed by atoms with Crippen LogP contribution in [0.1, 0.15) is 5.56 Å². The first-order valence-corrected chi connectivity index (χ1v) is 7.04. The zero-order valence-electron chi connectivity index (χ0n) is 9.25. The Labute approximate surface area is 112 Å². The summed E-state index contributed by atoms with van der Waals surface area (Å²) in [7, 11) is 0. The summed E-state index contributed by atoms with van der Waals surface area (Å²) >= 11 is 5.21. The molecule has 0 saturated heterocycles. The maximum atomic E-state index is 3.53. The molecule has 0 bridgehead atoms. The Morgan fingerprint density at radius 1 is 1.18 bits per heavy atom. The lowest BCUT2D eigenvalue weighted by molar-refractivity contribution is 1.45. The number of aryl methyl sites for hydroxylation is 1. The van der Waals surface area contributed by atoms with Gasteiger partial charge in [-0.2, -0.15) is 0 Å². The van der Waals surface area contributed by atoms with Gasteiger partial charge in [-0.3, -0.25) is 0 Å². The fourth-order valence-electron chi connectivity index (χ4n) is 1.94. The number of fused-ring (bicyclic) bond motifs is 1. The van der Waals surface area contributed by atoms with Gasteiger partial charge in [-0.25, -0.2) is 0 Å². The molecule has 3 rings (SSSR count). The third kappa shape index (κ3) is 1.87. The van der Waals surface area contributed by atoms with Crippen molar-refractivity contribution in [2.24, 2.45) is 0 Å². The molecule has 0 saturated carbocycles. The van der Waals surface area contributed by atoms with Gasteiger partial charge in [0.1, 0.15) is 0 Å². The van der Waals surface area contributed by atoms with E-state index in [1.165, 1.54) is 16.5 Å². The summed E-state index contributed by atoms with van der Waals surface area (Å²) in [6.45, 7) is 2.14. The first-order chi connectivity index (χ1) is 8.25. The zero-order valence-corrected chi connectivity index (χ0v) is 11.7. The average Bonchev–Trinajstić information content (AvgIpc) is 2.92. The Balaban J connectivity index is 2.06. The van der Waals surface area contributed by atoms with Crippen LogP contribution >= 0.6 is 27.3 Å². The van der Waals surface area contributed by atoms with Crippen LogP contribution in [-0.4, -0.2) is 4.98 Å². The first kappa shape index (κ1) is 10.9. The molecule has 0 spiro atoms. The maximum absolute atomic E-state index is 3.53. The van der Waals surface area contributed by atoms with E-state index < -0.39 is 0 Å². The van der Waals surface area contributed by atoms with Gasteiger partial charge in [0.2, 0.25) is 0 Å². The predicted octanol–water partition coefficient (Wildman–Crippen LogP) is 5.04. The second kappa shape index (κ2) is 4.20. The average molecular weight is 307 g/mol. The van der Waals surface area contributed by atoms with Crippen LogP contribution in [0.3, 0.4) is 0 Å². The number of halogens is 1. The molecule has 0 aliphatic heterocycles. The minimum Gasteiger partial charge on any atom is -0.361 e. The van der Waals surface area contributed by atoms with Crippen LogP contribution < -0.4 is 5.32 Å². The Morgan fingerprint density at radius 3 is 2.82 bits per heavy atom. The van der Waals surface area contributed by atoms with E-state index in [9.17, 15) is 0 Å². The van der Waals surface area contributed by atoms with Crippen LogP contribution in [0, 0.1) is 6.92 Å². The number of thiophene rings is 1. The topological polar surface area (TPSA) is 27.8 Å². The van der Waals surface area contributed by atoms with Gasteiger partial charge < -0.3 is 10.3 Å². The molecule has 2 nitrogen and oxygen atoms in total. The number of aromatic amines is 1. The van der Waals surface area contributed by atoms with Gasteiger partial charge in [0, 0.05) is 33.5 Å². The fourth-order valence-corrected chi connectivity index (χ4v) is 3.26. The van der Waals surface area contributed by atoms with Crippen molar-refractivity contribution in [3.8, 4) is 0 Å². The SMILES string of the molecule is Cc1c(Nc2cscc2Br)ccc2[nH]ccc12. The lowest BCUT2D eigenvalue weighted by Crippen LogP contribution is -1.92. The largest absolute Gasteiger partial charge is 0.361 e. The van der Waals surface area contributed by atoms with Crippen molar-refractivity contribution in [1.82, 2.24) is 4.98 Å². The minimum absolute atomic E-state index is 1.11. The highest BCUT2D eigenvalue weighted by molar-refractivity contribution is 9.10. The third-order valence-electron chi connectivity index (χ3n) is 2.89. The van der Waals surface area contributed by atoms with Crippen molar-refractivity contribution < 1.29 is 0 Å². The summed E-state index contributed by atoms with van der Waals surface area (Å²) in [6.07, 6.45) is 1.97. The van der Waals surface area contributed by atoms with Gasteiger partial charge in [-0.1, -0.05) is 0 Å². The summed E-state index contributed by atoms with van der Waals surface area (Å²) in [6, 6.07) is 6.32. The van der Waals surface area contributed by atoms with Crippen LogP contribution in [0.25, 0.3) is 10.9 Å². The highest BCUT2D eigenvalue weighted by Gasteiger charge is 2.06. The molecular weight excluding hydrogens is 296 g/mol. The Kier molecular flexibility index (Phi) is 2.68. The summed E-state index contributed by atoms with van der Waals surface area (Å²) in [4.78, 5) is 3.22. The molecule has 1 aromatic carbocycles. The monoisotopic (exact) mass is 306 g/mol. The number of rotatable bonds is 2. The van der Waals surface area contributed by atoms with E-state index in [2.05, 4.69) is 62.1 Å². The Hall–Kier alpha value is -1.26. The van der Waals surface area contributed by atoms with Gasteiger partial charge in [0.15, 0.2) is 0 Å². The van der Waals surface area contributed by atoms with Crippen LogP contribution in [0.5, 0.6) is 0 Å². The Bertz CT molecular complexity index is 669. The molecule has 0 amide bonds. The molecule has 0 fully saturated rings. The molecule has 2 aromatic heterocycles. The number of aromatic nitrogens is 1. The van der Waals surface area contributed by atoms with Gasteiger partial charge in [0.05, 0.1) is 10.2 Å². The third-order valence-corrected chi connectivity index (χ3v) is 4.59. The van der Waals surface area contributed by atoms with E-state index in [4.69, 9.17) is 0 Å². The molecule has 0 aliphatic rings. The highest BCUT2D eigenvalue weighted by atomic mass is 79.9. The van der Waals surface area contributed by atoms with E-state index in [-0.39, 0.29) is 0 Å². The summed E-state index contributed by atoms with van der Waals surface area (Å²) in [5, 5.41) is 8.90. The number of nitrogens with one attached hydrogen (secondary N) is 2. The van der Waals surface area contributed by atoms with Gasteiger partial charge in [-0.15, -0.1) is 11.3 Å². The molecule has 3 aromatic rings. The van der Waals surface area contributed by atoms with E-state index in [1.807, 2.05) is 6.20 Å². The molecule has 4 heteroatoms. The van der Waals surface area contributed by atoms with Crippen LogP contribution in [0.4, 0.5) is 11.4 Å². The molecular formula is C13H11BrN2S. The number of hydrogen-bond donors (Lipinski definition) is 2. The molecule has 0 atom stereocenters. The molecule has 2 heterocycles. The van der Waals surface area contributed by atoms with Gasteiger partial charge in [0.25, 0.3) is 0 Å². The van der Waals surface area contributed by atoms with E-state index >= 15 is 0 Å². The summed E-state index contributed by atoms with van der Waals surface area (Å²) in [5.41, 5.74) is 4.71. The molecule has 0 aliphatic carbocycles.